The van der Waals surface area contributed by atoms with Gasteiger partial charge in [-0.3, -0.25) is 4.79 Å². The van der Waals surface area contributed by atoms with E-state index in [4.69, 9.17) is 0 Å². The molecule has 0 aliphatic rings. The average Bonchev–Trinajstić information content (AvgIpc) is 2.29. The van der Waals surface area contributed by atoms with Crippen molar-refractivity contribution < 1.29 is 4.79 Å². The molecule has 0 radical (unpaired) electrons. The van der Waals surface area contributed by atoms with Crippen LogP contribution in [0.2, 0.25) is 0 Å². The molecular formula is C15H24N2O. The third-order valence-electron chi connectivity index (χ3n) is 2.80. The van der Waals surface area contributed by atoms with Gasteiger partial charge >= 0.3 is 0 Å². The van der Waals surface area contributed by atoms with Crippen molar-refractivity contribution in [3.8, 4) is 0 Å². The molecule has 1 aromatic carbocycles. The van der Waals surface area contributed by atoms with Crippen molar-refractivity contribution in [3.63, 3.8) is 0 Å². The van der Waals surface area contributed by atoms with Gasteiger partial charge in [0.15, 0.2) is 0 Å². The Morgan fingerprint density at radius 2 is 1.78 bits per heavy atom. The summed E-state index contributed by atoms with van der Waals surface area (Å²) in [7, 11) is 0. The SMILES string of the molecule is CCNC(C)c1ccc(NC(=O)CC(C)C)cc1. The Balaban J connectivity index is 2.57. The summed E-state index contributed by atoms with van der Waals surface area (Å²) >= 11 is 0. The van der Waals surface area contributed by atoms with Gasteiger partial charge in [0.2, 0.25) is 5.91 Å². The van der Waals surface area contributed by atoms with E-state index in [-0.39, 0.29) is 5.91 Å². The Hall–Kier alpha value is -1.35. The fraction of sp³-hybridized carbons (Fsp3) is 0.533. The zero-order valence-corrected chi connectivity index (χ0v) is 11.8. The number of hydrogen-bond acceptors (Lipinski definition) is 2. The Labute approximate surface area is 110 Å². The molecule has 0 bridgehead atoms. The van der Waals surface area contributed by atoms with Crippen molar-refractivity contribution in [2.45, 2.75) is 40.2 Å². The highest BCUT2D eigenvalue weighted by Crippen LogP contribution is 2.16. The van der Waals surface area contributed by atoms with E-state index in [0.717, 1.165) is 12.2 Å². The third kappa shape index (κ3) is 4.88. The quantitative estimate of drug-likeness (QED) is 0.810. The summed E-state index contributed by atoms with van der Waals surface area (Å²) < 4.78 is 0. The third-order valence-corrected chi connectivity index (χ3v) is 2.80. The molecule has 0 saturated carbocycles. The molecule has 1 amide bonds. The van der Waals surface area contributed by atoms with E-state index in [9.17, 15) is 4.79 Å². The van der Waals surface area contributed by atoms with E-state index in [1.54, 1.807) is 0 Å². The highest BCUT2D eigenvalue weighted by molar-refractivity contribution is 5.90. The number of nitrogens with one attached hydrogen (secondary N) is 2. The van der Waals surface area contributed by atoms with E-state index in [0.29, 0.717) is 18.4 Å². The molecule has 0 aliphatic carbocycles. The summed E-state index contributed by atoms with van der Waals surface area (Å²) in [6.07, 6.45) is 0.565. The zero-order chi connectivity index (χ0) is 13.5. The summed E-state index contributed by atoms with van der Waals surface area (Å²) in [5, 5.41) is 6.27. The van der Waals surface area contributed by atoms with Gasteiger partial charge in [-0.25, -0.2) is 0 Å². The van der Waals surface area contributed by atoms with Crippen molar-refractivity contribution in [1.82, 2.24) is 5.32 Å². The molecule has 0 aromatic heterocycles. The molecule has 0 heterocycles. The molecule has 3 nitrogen and oxygen atoms in total. The summed E-state index contributed by atoms with van der Waals surface area (Å²) in [4.78, 5) is 11.6. The van der Waals surface area contributed by atoms with Crippen molar-refractivity contribution in [3.05, 3.63) is 29.8 Å². The van der Waals surface area contributed by atoms with Gasteiger partial charge < -0.3 is 10.6 Å². The van der Waals surface area contributed by atoms with Crippen molar-refractivity contribution in [2.75, 3.05) is 11.9 Å². The maximum atomic E-state index is 11.6. The van der Waals surface area contributed by atoms with Gasteiger partial charge in [-0.15, -0.1) is 0 Å². The number of carbonyl (C=O) groups excluding carboxylic acids is 1. The first-order chi connectivity index (χ1) is 8.52. The fourth-order valence-corrected chi connectivity index (χ4v) is 1.86. The molecule has 100 valence electrons. The average molecular weight is 248 g/mol. The van der Waals surface area contributed by atoms with Crippen LogP contribution < -0.4 is 10.6 Å². The first-order valence-corrected chi connectivity index (χ1v) is 6.66. The number of amides is 1. The number of benzene rings is 1. The van der Waals surface area contributed by atoms with Crippen LogP contribution >= 0.6 is 0 Å². The van der Waals surface area contributed by atoms with Crippen LogP contribution in [0.25, 0.3) is 0 Å². The van der Waals surface area contributed by atoms with E-state index < -0.39 is 0 Å². The Kier molecular flexibility index (Phi) is 5.86. The Bertz CT molecular complexity index is 371. The van der Waals surface area contributed by atoms with Gasteiger partial charge in [0.05, 0.1) is 0 Å². The van der Waals surface area contributed by atoms with Crippen LogP contribution in [0.4, 0.5) is 5.69 Å². The molecule has 3 heteroatoms. The molecule has 1 aromatic rings. The lowest BCUT2D eigenvalue weighted by Crippen LogP contribution is -2.18. The lowest BCUT2D eigenvalue weighted by atomic mass is 10.1. The highest BCUT2D eigenvalue weighted by Gasteiger charge is 2.06. The standard InChI is InChI=1S/C15H24N2O/c1-5-16-12(4)13-6-8-14(9-7-13)17-15(18)10-11(2)3/h6-9,11-12,16H,5,10H2,1-4H3,(H,17,18). The summed E-state index contributed by atoms with van der Waals surface area (Å²) in [5.41, 5.74) is 2.10. The predicted molar refractivity (Wildman–Crippen MR) is 76.6 cm³/mol. The van der Waals surface area contributed by atoms with Crippen molar-refractivity contribution >= 4 is 11.6 Å². The maximum Gasteiger partial charge on any atom is 0.224 e. The number of anilines is 1. The van der Waals surface area contributed by atoms with E-state index in [1.165, 1.54) is 5.56 Å². The smallest absolute Gasteiger partial charge is 0.224 e. The minimum atomic E-state index is 0.0810. The van der Waals surface area contributed by atoms with Crippen molar-refractivity contribution in [1.29, 1.82) is 0 Å². The normalized spacial score (nSPS) is 12.5. The zero-order valence-electron chi connectivity index (χ0n) is 11.8. The van der Waals surface area contributed by atoms with Gasteiger partial charge in [0, 0.05) is 18.2 Å². The molecular weight excluding hydrogens is 224 g/mol. The second kappa shape index (κ2) is 7.17. The highest BCUT2D eigenvalue weighted by atomic mass is 16.1. The molecule has 1 unspecified atom stereocenters. The van der Waals surface area contributed by atoms with Crippen LogP contribution in [0.1, 0.15) is 45.7 Å². The number of rotatable bonds is 6. The molecule has 1 atom stereocenters. The summed E-state index contributed by atoms with van der Waals surface area (Å²) in [6, 6.07) is 8.37. The van der Waals surface area contributed by atoms with Gasteiger partial charge in [-0.05, 0) is 37.1 Å². The minimum Gasteiger partial charge on any atom is -0.326 e. The lowest BCUT2D eigenvalue weighted by molar-refractivity contribution is -0.116. The van der Waals surface area contributed by atoms with Crippen LogP contribution in [0, 0.1) is 5.92 Å². The summed E-state index contributed by atoms with van der Waals surface area (Å²) in [5.74, 6) is 0.468. The van der Waals surface area contributed by atoms with E-state index >= 15 is 0 Å². The minimum absolute atomic E-state index is 0.0810. The largest absolute Gasteiger partial charge is 0.326 e. The molecule has 18 heavy (non-hydrogen) atoms. The van der Waals surface area contributed by atoms with Crippen LogP contribution in [-0.4, -0.2) is 12.5 Å². The maximum absolute atomic E-state index is 11.6. The Morgan fingerprint density at radius 3 is 2.28 bits per heavy atom. The van der Waals surface area contributed by atoms with Crippen LogP contribution in [0.5, 0.6) is 0 Å². The van der Waals surface area contributed by atoms with Gasteiger partial charge in [-0.2, -0.15) is 0 Å². The number of hydrogen-bond donors (Lipinski definition) is 2. The van der Waals surface area contributed by atoms with Crippen molar-refractivity contribution in [2.24, 2.45) is 5.92 Å². The van der Waals surface area contributed by atoms with Gasteiger partial charge in [0.25, 0.3) is 0 Å². The molecule has 2 N–H and O–H groups in total. The van der Waals surface area contributed by atoms with Crippen LogP contribution in [-0.2, 0) is 4.79 Å². The summed E-state index contributed by atoms with van der Waals surface area (Å²) in [6.45, 7) is 9.27. The Morgan fingerprint density at radius 1 is 1.17 bits per heavy atom. The second-order valence-electron chi connectivity index (χ2n) is 5.05. The van der Waals surface area contributed by atoms with Crippen LogP contribution in [0.15, 0.2) is 24.3 Å². The predicted octanol–water partition coefficient (Wildman–Crippen LogP) is 3.34. The van der Waals surface area contributed by atoms with Gasteiger partial charge in [-0.1, -0.05) is 32.9 Å². The van der Waals surface area contributed by atoms with Gasteiger partial charge in [0.1, 0.15) is 0 Å². The molecule has 0 spiro atoms. The first kappa shape index (κ1) is 14.7. The lowest BCUT2D eigenvalue weighted by Gasteiger charge is -2.13. The monoisotopic (exact) mass is 248 g/mol. The molecule has 0 saturated heterocycles. The second-order valence-corrected chi connectivity index (χ2v) is 5.05. The fourth-order valence-electron chi connectivity index (χ4n) is 1.86. The molecule has 1 rings (SSSR count). The van der Waals surface area contributed by atoms with E-state index in [2.05, 4.69) is 36.6 Å². The molecule has 0 aliphatic heterocycles. The topological polar surface area (TPSA) is 41.1 Å². The van der Waals surface area contributed by atoms with Crippen LogP contribution in [0.3, 0.4) is 0 Å². The molecule has 0 fully saturated rings. The number of carbonyl (C=O) groups is 1. The van der Waals surface area contributed by atoms with E-state index in [1.807, 2.05) is 26.0 Å². The first-order valence-electron chi connectivity index (χ1n) is 6.66.